The fourth-order valence-electron chi connectivity index (χ4n) is 2.78. The highest BCUT2D eigenvalue weighted by Gasteiger charge is 2.39. The predicted octanol–water partition coefficient (Wildman–Crippen LogP) is 3.53. The Morgan fingerprint density at radius 3 is 2.60 bits per heavy atom. The van der Waals surface area contributed by atoms with E-state index in [0.717, 1.165) is 36.0 Å². The van der Waals surface area contributed by atoms with E-state index in [0.29, 0.717) is 6.54 Å². The first-order valence-electron chi connectivity index (χ1n) is 6.88. The maximum Gasteiger partial charge on any atom is 0.234 e. The number of fused-ring (bicyclic) bond motifs is 1. The van der Waals surface area contributed by atoms with Crippen LogP contribution in [-0.4, -0.2) is 19.0 Å². The summed E-state index contributed by atoms with van der Waals surface area (Å²) in [5, 5.41) is 0. The average molecular weight is 362 g/mol. The molecule has 0 saturated heterocycles. The van der Waals surface area contributed by atoms with Crippen molar-refractivity contribution in [3.05, 3.63) is 28.2 Å². The van der Waals surface area contributed by atoms with E-state index in [1.54, 1.807) is 0 Å². The van der Waals surface area contributed by atoms with E-state index >= 15 is 0 Å². The van der Waals surface area contributed by atoms with Crippen LogP contribution in [0.3, 0.4) is 0 Å². The smallest absolute Gasteiger partial charge is 0.234 e. The Morgan fingerprint density at radius 2 is 2.05 bits per heavy atom. The van der Waals surface area contributed by atoms with Gasteiger partial charge in [-0.3, -0.25) is 4.79 Å². The van der Waals surface area contributed by atoms with E-state index in [4.69, 9.17) is 5.73 Å². The van der Waals surface area contributed by atoms with Gasteiger partial charge in [0.2, 0.25) is 5.91 Å². The van der Waals surface area contributed by atoms with Crippen molar-refractivity contribution < 1.29 is 4.79 Å². The van der Waals surface area contributed by atoms with Gasteiger partial charge in [0.05, 0.1) is 5.41 Å². The summed E-state index contributed by atoms with van der Waals surface area (Å²) in [6.45, 7) is 5.28. The minimum atomic E-state index is -0.413. The second kappa shape index (κ2) is 6.92. The predicted molar refractivity (Wildman–Crippen MR) is 89.5 cm³/mol. The number of hydrogen-bond donors (Lipinski definition) is 1. The van der Waals surface area contributed by atoms with Gasteiger partial charge in [0, 0.05) is 23.2 Å². The number of benzene rings is 1. The number of carbonyl (C=O) groups excluding carboxylic acids is 1. The van der Waals surface area contributed by atoms with E-state index in [1.807, 2.05) is 30.9 Å². The van der Waals surface area contributed by atoms with Crippen LogP contribution in [0.1, 0.15) is 32.3 Å². The summed E-state index contributed by atoms with van der Waals surface area (Å²) in [4.78, 5) is 14.8. The van der Waals surface area contributed by atoms with Gasteiger partial charge in [0.25, 0.3) is 0 Å². The molecule has 2 N–H and O–H groups in total. The van der Waals surface area contributed by atoms with E-state index in [2.05, 4.69) is 22.0 Å². The molecule has 1 heterocycles. The molecule has 1 aromatic carbocycles. The molecule has 0 bridgehead atoms. The van der Waals surface area contributed by atoms with Crippen molar-refractivity contribution in [2.75, 3.05) is 18.0 Å². The molecule has 0 spiro atoms. The molecule has 0 unspecified atom stereocenters. The van der Waals surface area contributed by atoms with Crippen molar-refractivity contribution in [2.45, 2.75) is 33.1 Å². The Balaban J connectivity index is 0.00000200. The Labute approximate surface area is 135 Å². The third-order valence-corrected chi connectivity index (χ3v) is 4.88. The third-order valence-electron chi connectivity index (χ3n) is 4.39. The van der Waals surface area contributed by atoms with Crippen molar-refractivity contribution in [1.82, 2.24) is 0 Å². The quantitative estimate of drug-likeness (QED) is 0.892. The average Bonchev–Trinajstić information content (AvgIpc) is 2.84. The molecule has 2 rings (SSSR count). The first kappa shape index (κ1) is 17.5. The van der Waals surface area contributed by atoms with Gasteiger partial charge in [-0.1, -0.05) is 35.8 Å². The molecule has 1 aromatic rings. The molecule has 1 amide bonds. The highest BCUT2D eigenvalue weighted by atomic mass is 79.9. The van der Waals surface area contributed by atoms with Gasteiger partial charge in [0.1, 0.15) is 0 Å². The molecule has 0 radical (unpaired) electrons. The summed E-state index contributed by atoms with van der Waals surface area (Å²) in [7, 11) is 0. The lowest BCUT2D eigenvalue weighted by molar-refractivity contribution is -0.128. The minimum Gasteiger partial charge on any atom is -0.329 e. The number of rotatable bonds is 4. The molecule has 20 heavy (non-hydrogen) atoms. The molecule has 3 nitrogen and oxygen atoms in total. The zero-order valence-electron chi connectivity index (χ0n) is 12.0. The van der Waals surface area contributed by atoms with Crippen LogP contribution in [0.4, 0.5) is 5.69 Å². The Bertz CT molecular complexity index is 480. The summed E-state index contributed by atoms with van der Waals surface area (Å²) in [6, 6.07) is 6.16. The molecule has 0 saturated carbocycles. The highest BCUT2D eigenvalue weighted by Crippen LogP contribution is 2.36. The molecule has 0 aliphatic carbocycles. The van der Waals surface area contributed by atoms with Gasteiger partial charge >= 0.3 is 0 Å². The molecular formula is C15H22BrClN2O. The van der Waals surface area contributed by atoms with Gasteiger partial charge in [-0.2, -0.15) is 0 Å². The number of hydrogen-bond acceptors (Lipinski definition) is 2. The number of carbonyl (C=O) groups is 1. The second-order valence-electron chi connectivity index (χ2n) is 5.17. The summed E-state index contributed by atoms with van der Waals surface area (Å²) < 4.78 is 1.01. The first-order valence-corrected chi connectivity index (χ1v) is 7.67. The lowest BCUT2D eigenvalue weighted by Gasteiger charge is -2.33. The van der Waals surface area contributed by atoms with Crippen LogP contribution in [0.15, 0.2) is 22.7 Å². The fourth-order valence-corrected chi connectivity index (χ4v) is 3.13. The van der Waals surface area contributed by atoms with E-state index in [9.17, 15) is 4.79 Å². The molecule has 112 valence electrons. The van der Waals surface area contributed by atoms with Crippen LogP contribution < -0.4 is 10.6 Å². The topological polar surface area (TPSA) is 46.3 Å². The van der Waals surface area contributed by atoms with E-state index in [1.165, 1.54) is 5.56 Å². The number of halogens is 2. The molecule has 5 heteroatoms. The van der Waals surface area contributed by atoms with E-state index < -0.39 is 5.41 Å². The molecule has 0 aromatic heterocycles. The van der Waals surface area contributed by atoms with Crippen molar-refractivity contribution in [3.8, 4) is 0 Å². The summed E-state index contributed by atoms with van der Waals surface area (Å²) in [5.41, 5.74) is 7.76. The Kier molecular flexibility index (Phi) is 6.05. The van der Waals surface area contributed by atoms with Crippen molar-refractivity contribution in [3.63, 3.8) is 0 Å². The zero-order chi connectivity index (χ0) is 14.0. The van der Waals surface area contributed by atoms with Gasteiger partial charge < -0.3 is 10.6 Å². The largest absolute Gasteiger partial charge is 0.329 e. The summed E-state index contributed by atoms with van der Waals surface area (Å²) in [6.07, 6.45) is 2.51. The maximum atomic E-state index is 12.9. The van der Waals surface area contributed by atoms with Crippen LogP contribution in [0.25, 0.3) is 0 Å². The Hall–Kier alpha value is -0.580. The Morgan fingerprint density at radius 1 is 1.40 bits per heavy atom. The van der Waals surface area contributed by atoms with Gasteiger partial charge in [-0.15, -0.1) is 12.4 Å². The standard InChI is InChI=1S/C15H21BrN2O.ClH/c1-3-15(4-2,10-17)14(19)18-8-7-11-5-6-12(16)9-13(11)18;/h5-6,9H,3-4,7-8,10,17H2,1-2H3;1H. The fraction of sp³-hybridized carbons (Fsp3) is 0.533. The van der Waals surface area contributed by atoms with Crippen LogP contribution in [-0.2, 0) is 11.2 Å². The third kappa shape index (κ3) is 2.87. The molecular weight excluding hydrogens is 340 g/mol. The highest BCUT2D eigenvalue weighted by molar-refractivity contribution is 9.10. The van der Waals surface area contributed by atoms with Crippen LogP contribution in [0, 0.1) is 5.41 Å². The number of nitrogens with two attached hydrogens (primary N) is 1. The van der Waals surface area contributed by atoms with Gasteiger partial charge in [0.15, 0.2) is 0 Å². The first-order chi connectivity index (χ1) is 9.07. The summed E-state index contributed by atoms with van der Waals surface area (Å²) in [5.74, 6) is 0.178. The second-order valence-corrected chi connectivity index (χ2v) is 6.09. The lowest BCUT2D eigenvalue weighted by Crippen LogP contribution is -2.47. The number of amides is 1. The molecule has 1 aliphatic heterocycles. The zero-order valence-corrected chi connectivity index (χ0v) is 14.4. The molecule has 1 aliphatic rings. The molecule has 0 atom stereocenters. The van der Waals surface area contributed by atoms with Crippen molar-refractivity contribution in [1.29, 1.82) is 0 Å². The van der Waals surface area contributed by atoms with Gasteiger partial charge in [-0.05, 0) is 37.0 Å². The normalized spacial score (nSPS) is 13.9. The van der Waals surface area contributed by atoms with Crippen molar-refractivity contribution in [2.24, 2.45) is 11.1 Å². The monoisotopic (exact) mass is 360 g/mol. The molecule has 0 fully saturated rings. The minimum absolute atomic E-state index is 0. The van der Waals surface area contributed by atoms with Crippen LogP contribution >= 0.6 is 28.3 Å². The summed E-state index contributed by atoms with van der Waals surface area (Å²) >= 11 is 3.48. The van der Waals surface area contributed by atoms with Crippen LogP contribution in [0.2, 0.25) is 0 Å². The van der Waals surface area contributed by atoms with Crippen molar-refractivity contribution >= 4 is 39.9 Å². The maximum absolute atomic E-state index is 12.9. The lowest BCUT2D eigenvalue weighted by atomic mass is 9.81. The van der Waals surface area contributed by atoms with E-state index in [-0.39, 0.29) is 18.3 Å². The number of nitrogens with zero attached hydrogens (tertiary/aromatic N) is 1. The SMILES string of the molecule is CCC(CC)(CN)C(=O)N1CCc2ccc(Br)cc21.Cl. The number of anilines is 1. The van der Waals surface area contributed by atoms with Gasteiger partial charge in [-0.25, -0.2) is 0 Å². The van der Waals surface area contributed by atoms with Crippen LogP contribution in [0.5, 0.6) is 0 Å².